The summed E-state index contributed by atoms with van der Waals surface area (Å²) in [6.07, 6.45) is 1.39. The maximum Gasteiger partial charge on any atom is 0.343 e. The van der Waals surface area contributed by atoms with Crippen molar-refractivity contribution in [1.29, 1.82) is 0 Å². The number of aryl methyl sites for hydroxylation is 1. The highest BCUT2D eigenvalue weighted by atomic mass is 127. The Labute approximate surface area is 199 Å². The fraction of sp³-hybridized carbons (Fsp3) is 0.143. The number of esters is 1. The minimum Gasteiger partial charge on any atom is -0.480 e. The van der Waals surface area contributed by atoms with Crippen LogP contribution in [0.3, 0.4) is 0 Å². The summed E-state index contributed by atoms with van der Waals surface area (Å²) in [6.45, 7) is 1.62. The highest BCUT2D eigenvalue weighted by Crippen LogP contribution is 2.33. The predicted molar refractivity (Wildman–Crippen MR) is 125 cm³/mol. The van der Waals surface area contributed by atoms with Crippen LogP contribution in [0.2, 0.25) is 0 Å². The summed E-state index contributed by atoms with van der Waals surface area (Å²) in [5.41, 5.74) is 1.66. The van der Waals surface area contributed by atoms with Gasteiger partial charge in [-0.15, -0.1) is 0 Å². The van der Waals surface area contributed by atoms with Crippen molar-refractivity contribution in [3.8, 4) is 5.75 Å². The van der Waals surface area contributed by atoms with Crippen molar-refractivity contribution in [2.45, 2.75) is 6.92 Å². The van der Waals surface area contributed by atoms with Crippen LogP contribution in [-0.2, 0) is 19.1 Å². The number of barbiturate groups is 1. The van der Waals surface area contributed by atoms with Crippen LogP contribution in [-0.4, -0.2) is 37.5 Å². The van der Waals surface area contributed by atoms with Crippen molar-refractivity contribution in [3.63, 3.8) is 0 Å². The summed E-state index contributed by atoms with van der Waals surface area (Å²) < 4.78 is 11.2. The molecule has 0 radical (unpaired) electrons. The second-order valence-corrected chi connectivity index (χ2v) is 8.49. The second kappa shape index (κ2) is 9.60. The Kier molecular flexibility index (Phi) is 7.11. The molecule has 0 atom stereocenters. The van der Waals surface area contributed by atoms with Gasteiger partial charge in [0, 0.05) is 0 Å². The number of halogens is 2. The molecule has 10 heteroatoms. The van der Waals surface area contributed by atoms with Gasteiger partial charge in [0.05, 0.1) is 20.8 Å². The Hall–Kier alpha value is -2.73. The largest absolute Gasteiger partial charge is 0.480 e. The maximum absolute atomic E-state index is 13.0. The molecule has 4 amide bonds. The van der Waals surface area contributed by atoms with E-state index in [9.17, 15) is 19.2 Å². The van der Waals surface area contributed by atoms with E-state index in [2.05, 4.69) is 26.0 Å². The van der Waals surface area contributed by atoms with E-state index in [0.717, 1.165) is 10.5 Å². The van der Waals surface area contributed by atoms with Crippen molar-refractivity contribution in [2.24, 2.45) is 0 Å². The molecule has 0 spiro atoms. The lowest BCUT2D eigenvalue weighted by Gasteiger charge is -2.26. The summed E-state index contributed by atoms with van der Waals surface area (Å²) in [6, 6.07) is 9.30. The van der Waals surface area contributed by atoms with Gasteiger partial charge in [-0.25, -0.2) is 14.5 Å². The highest BCUT2D eigenvalue weighted by Gasteiger charge is 2.36. The number of methoxy groups -OCH3 is 1. The van der Waals surface area contributed by atoms with E-state index in [1.165, 1.54) is 13.2 Å². The molecule has 1 saturated heterocycles. The summed E-state index contributed by atoms with van der Waals surface area (Å²) in [5, 5.41) is 2.19. The van der Waals surface area contributed by atoms with Crippen molar-refractivity contribution < 1.29 is 28.7 Å². The van der Waals surface area contributed by atoms with E-state index in [0.29, 0.717) is 25.0 Å². The number of ether oxygens (including phenoxy) is 2. The molecule has 31 heavy (non-hydrogen) atoms. The summed E-state index contributed by atoms with van der Waals surface area (Å²) >= 11 is 5.38. The molecule has 1 N–H and O–H groups in total. The van der Waals surface area contributed by atoms with Crippen LogP contribution in [0.25, 0.3) is 6.08 Å². The van der Waals surface area contributed by atoms with E-state index in [1.54, 1.807) is 36.4 Å². The quantitative estimate of drug-likeness (QED) is 0.244. The molecule has 8 nitrogen and oxygen atoms in total. The average molecular weight is 599 g/mol. The van der Waals surface area contributed by atoms with Crippen LogP contribution < -0.4 is 15.0 Å². The first-order chi connectivity index (χ1) is 14.7. The zero-order valence-electron chi connectivity index (χ0n) is 16.4. The van der Waals surface area contributed by atoms with E-state index in [-0.39, 0.29) is 12.2 Å². The number of nitrogens with zero attached hydrogens (tertiary/aromatic N) is 1. The third-order valence-corrected chi connectivity index (χ3v) is 5.68. The first-order valence-corrected chi connectivity index (χ1v) is 10.7. The third-order valence-electron chi connectivity index (χ3n) is 4.29. The lowest BCUT2D eigenvalue weighted by molar-refractivity contribution is -0.143. The molecule has 2 aromatic rings. The first kappa shape index (κ1) is 22.9. The molecule has 0 unspecified atom stereocenters. The van der Waals surface area contributed by atoms with E-state index < -0.39 is 23.8 Å². The molecule has 160 valence electrons. The molecule has 3 rings (SSSR count). The third kappa shape index (κ3) is 5.13. The smallest absolute Gasteiger partial charge is 0.343 e. The van der Waals surface area contributed by atoms with Crippen molar-refractivity contribution in [2.75, 3.05) is 18.6 Å². The van der Waals surface area contributed by atoms with Gasteiger partial charge in [0.25, 0.3) is 11.8 Å². The number of imide groups is 2. The number of carbonyl (C=O) groups excluding carboxylic acids is 4. The number of carbonyl (C=O) groups is 4. The molecule has 0 aliphatic carbocycles. The Morgan fingerprint density at radius 1 is 1.19 bits per heavy atom. The molecular formula is C21H16BrIN2O6. The number of anilines is 1. The average Bonchev–Trinajstić information content (AvgIpc) is 2.71. The van der Waals surface area contributed by atoms with Gasteiger partial charge in [0.15, 0.2) is 6.61 Å². The SMILES string of the molecule is COC(=O)COc1c(Br)cc(/C=C2\C(=O)NC(=O)N(c3ccc(C)cc3)C2=O)cc1I. The van der Waals surface area contributed by atoms with Crippen molar-refractivity contribution in [1.82, 2.24) is 5.32 Å². The maximum atomic E-state index is 13.0. The van der Waals surface area contributed by atoms with Gasteiger partial charge >= 0.3 is 12.0 Å². The number of nitrogens with one attached hydrogen (secondary N) is 1. The zero-order chi connectivity index (χ0) is 22.7. The zero-order valence-corrected chi connectivity index (χ0v) is 20.1. The van der Waals surface area contributed by atoms with Crippen LogP contribution in [0.15, 0.2) is 46.4 Å². The monoisotopic (exact) mass is 598 g/mol. The topological polar surface area (TPSA) is 102 Å². The van der Waals surface area contributed by atoms with Gasteiger partial charge < -0.3 is 9.47 Å². The standard InChI is InChI=1S/C21H16BrIN2O6/c1-11-3-5-13(6-4-11)25-20(28)14(19(27)24-21(25)29)7-12-8-15(22)18(16(23)9-12)31-10-17(26)30-2/h3-9H,10H2,1-2H3,(H,24,27,29)/b14-7+. The Morgan fingerprint density at radius 3 is 2.48 bits per heavy atom. The van der Waals surface area contributed by atoms with Crippen LogP contribution in [0.5, 0.6) is 5.75 Å². The van der Waals surface area contributed by atoms with Gasteiger partial charge in [-0.1, -0.05) is 17.7 Å². The van der Waals surface area contributed by atoms with Crippen LogP contribution in [0.1, 0.15) is 11.1 Å². The highest BCUT2D eigenvalue weighted by molar-refractivity contribution is 14.1. The Bertz CT molecular complexity index is 1090. The number of hydrogen-bond donors (Lipinski definition) is 1. The molecule has 1 heterocycles. The van der Waals surface area contributed by atoms with Crippen LogP contribution in [0.4, 0.5) is 10.5 Å². The lowest BCUT2D eigenvalue weighted by atomic mass is 10.1. The van der Waals surface area contributed by atoms with Gasteiger partial charge in [0.1, 0.15) is 11.3 Å². The normalized spacial score (nSPS) is 15.2. The lowest BCUT2D eigenvalue weighted by Crippen LogP contribution is -2.54. The van der Waals surface area contributed by atoms with Gasteiger partial charge in [-0.05, 0) is 81.3 Å². The predicted octanol–water partition coefficient (Wildman–Crippen LogP) is 3.58. The van der Waals surface area contributed by atoms with Crippen molar-refractivity contribution in [3.05, 3.63) is 61.1 Å². The van der Waals surface area contributed by atoms with Crippen LogP contribution >= 0.6 is 38.5 Å². The molecule has 2 aromatic carbocycles. The number of urea groups is 1. The second-order valence-electron chi connectivity index (χ2n) is 6.47. The first-order valence-electron chi connectivity index (χ1n) is 8.88. The van der Waals surface area contributed by atoms with E-state index in [1.807, 2.05) is 29.5 Å². The Morgan fingerprint density at radius 2 is 1.87 bits per heavy atom. The molecule has 0 bridgehead atoms. The minimum absolute atomic E-state index is 0.189. The molecule has 0 aromatic heterocycles. The summed E-state index contributed by atoms with van der Waals surface area (Å²) in [7, 11) is 1.26. The molecular weight excluding hydrogens is 583 g/mol. The summed E-state index contributed by atoms with van der Waals surface area (Å²) in [5.74, 6) is -1.62. The number of rotatable bonds is 5. The fourth-order valence-corrected chi connectivity index (χ4v) is 4.51. The minimum atomic E-state index is -0.807. The van der Waals surface area contributed by atoms with Crippen molar-refractivity contribution >= 4 is 74.1 Å². The molecule has 1 fully saturated rings. The van der Waals surface area contributed by atoms with E-state index in [4.69, 9.17) is 4.74 Å². The summed E-state index contributed by atoms with van der Waals surface area (Å²) in [4.78, 5) is 49.8. The van der Waals surface area contributed by atoms with Gasteiger partial charge in [0.2, 0.25) is 0 Å². The molecule has 1 aliphatic heterocycles. The molecule has 1 aliphatic rings. The van der Waals surface area contributed by atoms with E-state index >= 15 is 0 Å². The van der Waals surface area contributed by atoms with Gasteiger partial charge in [-0.3, -0.25) is 14.9 Å². The number of hydrogen-bond acceptors (Lipinski definition) is 6. The Balaban J connectivity index is 1.93. The fourth-order valence-electron chi connectivity index (χ4n) is 2.74. The van der Waals surface area contributed by atoms with Crippen LogP contribution in [0, 0.1) is 10.5 Å². The number of amides is 4. The van der Waals surface area contributed by atoms with Gasteiger partial charge in [-0.2, -0.15) is 0 Å². The number of benzene rings is 2. The molecule has 0 saturated carbocycles.